The zero-order valence-corrected chi connectivity index (χ0v) is 14.6. The van der Waals surface area contributed by atoms with E-state index < -0.39 is 35.3 Å². The normalized spacial score (nSPS) is 11.4. The fraction of sp³-hybridized carbons (Fsp3) is 0.222. The van der Waals surface area contributed by atoms with Crippen molar-refractivity contribution in [2.75, 3.05) is 13.7 Å². The minimum Gasteiger partial charge on any atom is -0.477 e. The van der Waals surface area contributed by atoms with E-state index in [2.05, 4.69) is 10.1 Å². The highest BCUT2D eigenvalue weighted by Crippen LogP contribution is 2.28. The summed E-state index contributed by atoms with van der Waals surface area (Å²) in [4.78, 5) is 34.0. The van der Waals surface area contributed by atoms with Gasteiger partial charge in [0.1, 0.15) is 5.82 Å². The molecule has 0 aliphatic heterocycles. The van der Waals surface area contributed by atoms with Gasteiger partial charge in [-0.1, -0.05) is 12.1 Å². The maximum absolute atomic E-state index is 12.9. The highest BCUT2D eigenvalue weighted by molar-refractivity contribution is 5.90. The van der Waals surface area contributed by atoms with Crippen molar-refractivity contribution in [3.63, 3.8) is 0 Å². The molecule has 0 saturated carbocycles. The average molecular weight is 376 g/mol. The summed E-state index contributed by atoms with van der Waals surface area (Å²) < 4.78 is 22.7. The van der Waals surface area contributed by atoms with Crippen molar-refractivity contribution in [3.05, 3.63) is 69.5 Å². The Hall–Kier alpha value is -3.49. The summed E-state index contributed by atoms with van der Waals surface area (Å²) in [6.45, 7) is 1.20. The molecule has 9 heteroatoms. The van der Waals surface area contributed by atoms with Gasteiger partial charge in [0.05, 0.1) is 23.6 Å². The molecule has 2 rings (SSSR count). The fourth-order valence-corrected chi connectivity index (χ4v) is 2.29. The first-order valence-corrected chi connectivity index (χ1v) is 7.86. The Balaban J connectivity index is 2.05. The maximum Gasteiger partial charge on any atom is 0.337 e. The van der Waals surface area contributed by atoms with Gasteiger partial charge in [-0.3, -0.25) is 14.9 Å². The summed E-state index contributed by atoms with van der Waals surface area (Å²) in [5, 5.41) is 13.7. The Bertz CT molecular complexity index is 853. The summed E-state index contributed by atoms with van der Waals surface area (Å²) in [6.07, 6.45) is 0. The lowest BCUT2D eigenvalue weighted by atomic mass is 10.1. The van der Waals surface area contributed by atoms with E-state index in [9.17, 15) is 24.1 Å². The van der Waals surface area contributed by atoms with Gasteiger partial charge in [-0.15, -0.1) is 0 Å². The number of nitro groups is 1. The molecule has 0 aliphatic carbocycles. The number of esters is 1. The second-order valence-corrected chi connectivity index (χ2v) is 5.56. The van der Waals surface area contributed by atoms with Crippen LogP contribution < -0.4 is 10.1 Å². The molecule has 27 heavy (non-hydrogen) atoms. The van der Waals surface area contributed by atoms with Crippen LogP contribution >= 0.6 is 0 Å². The molecule has 1 amide bonds. The molecular weight excluding hydrogens is 359 g/mol. The third-order valence-electron chi connectivity index (χ3n) is 3.68. The van der Waals surface area contributed by atoms with Gasteiger partial charge in [-0.25, -0.2) is 9.18 Å². The fourth-order valence-electron chi connectivity index (χ4n) is 2.29. The number of hydrogen-bond acceptors (Lipinski definition) is 6. The van der Waals surface area contributed by atoms with Gasteiger partial charge in [0.25, 0.3) is 5.91 Å². The predicted molar refractivity (Wildman–Crippen MR) is 92.9 cm³/mol. The SMILES string of the molecule is COC(=O)c1ccc([N+](=O)[O-])c(OCC(=O)NC(C)c2ccc(F)cc2)c1. The third kappa shape index (κ3) is 5.24. The van der Waals surface area contributed by atoms with Crippen molar-refractivity contribution in [3.8, 4) is 5.75 Å². The number of nitrogens with one attached hydrogen (secondary N) is 1. The van der Waals surface area contributed by atoms with Gasteiger partial charge in [0.15, 0.2) is 12.4 Å². The number of halogens is 1. The van der Waals surface area contributed by atoms with Crippen LogP contribution in [0, 0.1) is 15.9 Å². The lowest BCUT2D eigenvalue weighted by Crippen LogP contribution is -2.31. The summed E-state index contributed by atoms with van der Waals surface area (Å²) in [5.41, 5.74) is 0.351. The van der Waals surface area contributed by atoms with Crippen LogP contribution in [-0.2, 0) is 9.53 Å². The van der Waals surface area contributed by atoms with E-state index in [4.69, 9.17) is 4.74 Å². The number of amides is 1. The average Bonchev–Trinajstić information content (AvgIpc) is 2.65. The minimum absolute atomic E-state index is 0.0539. The van der Waals surface area contributed by atoms with Crippen molar-refractivity contribution in [1.29, 1.82) is 0 Å². The minimum atomic E-state index is -0.691. The quantitative estimate of drug-likeness (QED) is 0.452. The first-order chi connectivity index (χ1) is 12.8. The molecular formula is C18H17FN2O6. The molecule has 0 fully saturated rings. The number of nitro benzene ring substituents is 1. The number of ether oxygens (including phenoxy) is 2. The molecule has 0 radical (unpaired) electrons. The molecule has 0 aliphatic rings. The Morgan fingerprint density at radius 1 is 1.22 bits per heavy atom. The van der Waals surface area contributed by atoms with E-state index in [0.717, 1.165) is 12.1 Å². The molecule has 2 aromatic rings. The molecule has 0 bridgehead atoms. The molecule has 0 saturated heterocycles. The van der Waals surface area contributed by atoms with Crippen LogP contribution in [-0.4, -0.2) is 30.5 Å². The van der Waals surface area contributed by atoms with Crippen molar-refractivity contribution in [2.24, 2.45) is 0 Å². The number of benzene rings is 2. The van der Waals surface area contributed by atoms with E-state index in [1.165, 1.54) is 37.4 Å². The van der Waals surface area contributed by atoms with E-state index in [1.807, 2.05) is 0 Å². The summed E-state index contributed by atoms with van der Waals surface area (Å²) >= 11 is 0. The third-order valence-corrected chi connectivity index (χ3v) is 3.68. The van der Waals surface area contributed by atoms with Crippen LogP contribution in [0.25, 0.3) is 0 Å². The number of carbonyl (C=O) groups excluding carboxylic acids is 2. The lowest BCUT2D eigenvalue weighted by Gasteiger charge is -2.15. The second kappa shape index (κ2) is 8.75. The van der Waals surface area contributed by atoms with E-state index in [1.54, 1.807) is 6.92 Å². The van der Waals surface area contributed by atoms with Crippen LogP contribution in [0.1, 0.15) is 28.9 Å². The molecule has 0 spiro atoms. The number of rotatable bonds is 7. The number of nitrogens with zero attached hydrogens (tertiary/aromatic N) is 1. The number of carbonyl (C=O) groups is 2. The monoisotopic (exact) mass is 376 g/mol. The molecule has 1 unspecified atom stereocenters. The van der Waals surface area contributed by atoms with Crippen LogP contribution in [0.2, 0.25) is 0 Å². The van der Waals surface area contributed by atoms with E-state index in [0.29, 0.717) is 5.56 Å². The molecule has 0 heterocycles. The number of hydrogen-bond donors (Lipinski definition) is 1. The van der Waals surface area contributed by atoms with Crippen LogP contribution in [0.3, 0.4) is 0 Å². The standard InChI is InChI=1S/C18H17FN2O6/c1-11(12-3-6-14(19)7-4-12)20-17(22)10-27-16-9-13(18(23)26-2)5-8-15(16)21(24)25/h3-9,11H,10H2,1-2H3,(H,20,22). The molecule has 1 atom stereocenters. The van der Waals surface area contributed by atoms with E-state index >= 15 is 0 Å². The van der Waals surface area contributed by atoms with Gasteiger partial charge in [0.2, 0.25) is 0 Å². The summed E-state index contributed by atoms with van der Waals surface area (Å²) in [7, 11) is 1.18. The predicted octanol–water partition coefficient (Wildman–Crippen LogP) is 2.78. The highest BCUT2D eigenvalue weighted by Gasteiger charge is 2.20. The zero-order valence-electron chi connectivity index (χ0n) is 14.6. The van der Waals surface area contributed by atoms with Crippen molar-refractivity contribution in [1.82, 2.24) is 5.32 Å². The molecule has 0 aromatic heterocycles. The second-order valence-electron chi connectivity index (χ2n) is 5.56. The van der Waals surface area contributed by atoms with Crippen LogP contribution in [0.15, 0.2) is 42.5 Å². The topological polar surface area (TPSA) is 108 Å². The smallest absolute Gasteiger partial charge is 0.337 e. The largest absolute Gasteiger partial charge is 0.477 e. The lowest BCUT2D eigenvalue weighted by molar-refractivity contribution is -0.385. The van der Waals surface area contributed by atoms with Crippen molar-refractivity contribution >= 4 is 17.6 Å². The van der Waals surface area contributed by atoms with Gasteiger partial charge in [0, 0.05) is 12.1 Å². The molecule has 142 valence electrons. The van der Waals surface area contributed by atoms with Crippen LogP contribution in [0.4, 0.5) is 10.1 Å². The van der Waals surface area contributed by atoms with Crippen LogP contribution in [0.5, 0.6) is 5.75 Å². The first-order valence-electron chi connectivity index (χ1n) is 7.86. The number of methoxy groups -OCH3 is 1. The Labute approximate surface area is 154 Å². The van der Waals surface area contributed by atoms with Crippen molar-refractivity contribution < 1.29 is 28.4 Å². The summed E-state index contributed by atoms with van der Waals surface area (Å²) in [5.74, 6) is -1.85. The molecule has 1 N–H and O–H groups in total. The first kappa shape index (κ1) is 19.8. The molecule has 8 nitrogen and oxygen atoms in total. The van der Waals surface area contributed by atoms with Gasteiger partial charge in [-0.05, 0) is 30.7 Å². The zero-order chi connectivity index (χ0) is 20.0. The van der Waals surface area contributed by atoms with Gasteiger partial charge < -0.3 is 14.8 Å². The van der Waals surface area contributed by atoms with E-state index in [-0.39, 0.29) is 17.0 Å². The molecule has 2 aromatic carbocycles. The Morgan fingerprint density at radius 2 is 1.89 bits per heavy atom. The van der Waals surface area contributed by atoms with Gasteiger partial charge in [-0.2, -0.15) is 0 Å². The highest BCUT2D eigenvalue weighted by atomic mass is 19.1. The summed E-state index contributed by atoms with van der Waals surface area (Å²) in [6, 6.07) is 8.66. The maximum atomic E-state index is 12.9. The Morgan fingerprint density at radius 3 is 2.48 bits per heavy atom. The van der Waals surface area contributed by atoms with Gasteiger partial charge >= 0.3 is 11.7 Å². The Kier molecular flexibility index (Phi) is 6.42. The van der Waals surface area contributed by atoms with Crippen molar-refractivity contribution in [2.45, 2.75) is 13.0 Å².